The number of carbonyl (C=O) groups is 1. The maximum atomic E-state index is 10.8. The Kier molecular flexibility index (Phi) is 5.15. The van der Waals surface area contributed by atoms with Gasteiger partial charge in [-0.05, 0) is 11.1 Å². The average molecular weight is 254 g/mol. The van der Waals surface area contributed by atoms with Crippen molar-refractivity contribution < 1.29 is 4.79 Å². The van der Waals surface area contributed by atoms with Crippen molar-refractivity contribution in [2.45, 2.75) is 6.54 Å². The molecule has 1 aromatic rings. The van der Waals surface area contributed by atoms with E-state index in [2.05, 4.69) is 13.2 Å². The van der Waals surface area contributed by atoms with Gasteiger partial charge in [-0.3, -0.25) is 9.10 Å². The molecule has 0 unspecified atom stereocenters. The summed E-state index contributed by atoms with van der Waals surface area (Å²) in [5.41, 5.74) is 2.08. The van der Waals surface area contributed by atoms with Crippen LogP contribution >= 0.6 is 23.5 Å². The Morgan fingerprint density at radius 2 is 2.06 bits per heavy atom. The Morgan fingerprint density at radius 3 is 2.50 bits per heavy atom. The molecule has 0 aromatic heterocycles. The van der Waals surface area contributed by atoms with Crippen LogP contribution in [0, 0.1) is 0 Å². The molecular weight excluding hydrogens is 242 g/mol. The number of hydrogen-bond donors (Lipinski definition) is 0. The van der Waals surface area contributed by atoms with Crippen LogP contribution in [-0.4, -0.2) is 10.7 Å². The molecule has 0 spiro atoms. The van der Waals surface area contributed by atoms with Gasteiger partial charge in [-0.1, -0.05) is 55.1 Å². The number of benzene rings is 1. The number of rotatable bonds is 6. The predicted octanol–water partition coefficient (Wildman–Crippen LogP) is 3.65. The Bertz CT molecular complexity index is 389. The van der Waals surface area contributed by atoms with E-state index in [1.807, 2.05) is 24.3 Å². The first-order valence-electron chi connectivity index (χ1n) is 4.61. The number of amides is 1. The molecule has 0 saturated heterocycles. The molecule has 1 aromatic carbocycles. The van der Waals surface area contributed by atoms with E-state index in [4.69, 9.17) is 11.6 Å². The number of nitrogens with zero attached hydrogens (tertiary/aromatic N) is 1. The molecule has 0 saturated carbocycles. The zero-order valence-electron chi connectivity index (χ0n) is 8.73. The zero-order chi connectivity index (χ0) is 12.0. The van der Waals surface area contributed by atoms with Crippen LogP contribution in [0.5, 0.6) is 0 Å². The molecular formula is C12H12ClNOS. The van der Waals surface area contributed by atoms with Crippen LogP contribution in [0.4, 0.5) is 0 Å². The molecule has 0 atom stereocenters. The largest absolute Gasteiger partial charge is 0.280 e. The monoisotopic (exact) mass is 253 g/mol. The van der Waals surface area contributed by atoms with Crippen LogP contribution in [0.25, 0.3) is 6.08 Å². The molecule has 0 aliphatic carbocycles. The first-order valence-corrected chi connectivity index (χ1v) is 5.76. The van der Waals surface area contributed by atoms with Gasteiger partial charge >= 0.3 is 0 Å². The molecule has 0 fully saturated rings. The van der Waals surface area contributed by atoms with Gasteiger partial charge in [0, 0.05) is 11.9 Å². The van der Waals surface area contributed by atoms with Crippen molar-refractivity contribution in [2.75, 3.05) is 0 Å². The lowest BCUT2D eigenvalue weighted by atomic mass is 10.1. The van der Waals surface area contributed by atoms with Crippen molar-refractivity contribution in [3.63, 3.8) is 0 Å². The summed E-state index contributed by atoms with van der Waals surface area (Å²) in [5, 5.41) is 0. The number of carbonyl (C=O) groups excluding carboxylic acids is 1. The van der Waals surface area contributed by atoms with E-state index in [-0.39, 0.29) is 0 Å². The average Bonchev–Trinajstić information content (AvgIpc) is 2.28. The van der Waals surface area contributed by atoms with Crippen LogP contribution in [0.3, 0.4) is 0 Å². The van der Waals surface area contributed by atoms with Crippen molar-refractivity contribution in [1.82, 2.24) is 4.31 Å². The van der Waals surface area contributed by atoms with Crippen LogP contribution in [0.2, 0.25) is 0 Å². The summed E-state index contributed by atoms with van der Waals surface area (Å²) < 4.78 is 1.85. The van der Waals surface area contributed by atoms with Gasteiger partial charge in [0.1, 0.15) is 0 Å². The van der Waals surface area contributed by atoms with Crippen molar-refractivity contribution >= 4 is 36.0 Å². The van der Waals surface area contributed by atoms with Crippen molar-refractivity contribution in [3.05, 3.63) is 52.9 Å². The number of halogens is 1. The van der Waals surface area contributed by atoms with Crippen LogP contribution in [0.1, 0.15) is 11.1 Å². The van der Waals surface area contributed by atoms with E-state index in [0.29, 0.717) is 10.9 Å². The Balaban J connectivity index is 2.66. The van der Waals surface area contributed by atoms with Crippen LogP contribution < -0.4 is 0 Å². The molecule has 16 heavy (non-hydrogen) atoms. The topological polar surface area (TPSA) is 20.3 Å². The summed E-state index contributed by atoms with van der Waals surface area (Å²) in [6.45, 7) is 7.70. The van der Waals surface area contributed by atoms with E-state index >= 15 is 0 Å². The van der Waals surface area contributed by atoms with E-state index < -0.39 is 0 Å². The lowest BCUT2D eigenvalue weighted by molar-refractivity contribution is -0.114. The fourth-order valence-corrected chi connectivity index (χ4v) is 1.93. The molecule has 1 amide bonds. The van der Waals surface area contributed by atoms with Crippen LogP contribution in [0.15, 0.2) is 41.8 Å². The van der Waals surface area contributed by atoms with Gasteiger partial charge in [0.05, 0.1) is 10.9 Å². The third-order valence-corrected chi connectivity index (χ3v) is 2.74. The highest BCUT2D eigenvalue weighted by Gasteiger charge is 2.04. The van der Waals surface area contributed by atoms with Gasteiger partial charge < -0.3 is 0 Å². The lowest BCUT2D eigenvalue weighted by Crippen LogP contribution is -2.12. The molecule has 84 valence electrons. The van der Waals surface area contributed by atoms with E-state index in [1.165, 1.54) is 4.31 Å². The minimum atomic E-state index is 0.370. The molecule has 2 nitrogen and oxygen atoms in total. The Morgan fingerprint density at radius 1 is 1.44 bits per heavy atom. The lowest BCUT2D eigenvalue weighted by Gasteiger charge is -2.14. The van der Waals surface area contributed by atoms with Crippen LogP contribution in [-0.2, 0) is 11.3 Å². The molecule has 0 aliphatic heterocycles. The molecule has 0 aliphatic rings. The van der Waals surface area contributed by atoms with Gasteiger partial charge in [0.25, 0.3) is 0 Å². The summed E-state index contributed by atoms with van der Waals surface area (Å²) in [5.74, 6) is 0. The summed E-state index contributed by atoms with van der Waals surface area (Å²) >= 11 is 6.74. The van der Waals surface area contributed by atoms with E-state index in [1.54, 1.807) is 6.08 Å². The smallest absolute Gasteiger partial charge is 0.220 e. The van der Waals surface area contributed by atoms with Gasteiger partial charge in [-0.2, -0.15) is 0 Å². The highest BCUT2D eigenvalue weighted by atomic mass is 35.5. The highest BCUT2D eigenvalue weighted by molar-refractivity contribution is 8.02. The van der Waals surface area contributed by atoms with Crippen molar-refractivity contribution in [3.8, 4) is 0 Å². The fraction of sp³-hybridized carbons (Fsp3) is 0.0833. The minimum Gasteiger partial charge on any atom is -0.280 e. The molecule has 4 heteroatoms. The summed E-state index contributed by atoms with van der Waals surface area (Å²) in [7, 11) is 0. The van der Waals surface area contributed by atoms with Crippen molar-refractivity contribution in [1.29, 1.82) is 0 Å². The first kappa shape index (κ1) is 12.9. The third kappa shape index (κ3) is 4.13. The summed E-state index contributed by atoms with van der Waals surface area (Å²) in [6, 6.07) is 7.80. The quantitative estimate of drug-likeness (QED) is 0.570. The Labute approximate surface area is 105 Å². The molecule has 0 bridgehead atoms. The second kappa shape index (κ2) is 6.40. The fourth-order valence-electron chi connectivity index (χ4n) is 1.16. The predicted molar refractivity (Wildman–Crippen MR) is 70.7 cm³/mol. The number of hydrogen-bond acceptors (Lipinski definition) is 2. The highest BCUT2D eigenvalue weighted by Crippen LogP contribution is 2.23. The molecule has 0 N–H and O–H groups in total. The van der Waals surface area contributed by atoms with E-state index in [9.17, 15) is 4.79 Å². The third-order valence-electron chi connectivity index (χ3n) is 1.89. The van der Waals surface area contributed by atoms with Crippen molar-refractivity contribution in [2.24, 2.45) is 0 Å². The first-order chi connectivity index (χ1) is 7.65. The summed E-state index contributed by atoms with van der Waals surface area (Å²) in [4.78, 5) is 10.8. The minimum absolute atomic E-state index is 0.370. The molecule has 1 rings (SSSR count). The van der Waals surface area contributed by atoms with Gasteiger partial charge in [-0.25, -0.2) is 0 Å². The maximum absolute atomic E-state index is 10.8. The van der Waals surface area contributed by atoms with Gasteiger partial charge in [0.15, 0.2) is 0 Å². The normalized spacial score (nSPS) is 9.56. The second-order valence-electron chi connectivity index (χ2n) is 3.07. The van der Waals surface area contributed by atoms with Gasteiger partial charge in [0.2, 0.25) is 6.41 Å². The zero-order valence-corrected chi connectivity index (χ0v) is 10.3. The second-order valence-corrected chi connectivity index (χ2v) is 4.90. The standard InChI is InChI=1S/C12H12ClNOS/c1-3-11-4-6-12(7-5-11)8-14(9-15)16-10(2)13/h3-7,9H,1-2,8H2. The maximum Gasteiger partial charge on any atom is 0.220 e. The van der Waals surface area contributed by atoms with E-state index in [0.717, 1.165) is 29.5 Å². The van der Waals surface area contributed by atoms with Gasteiger partial charge in [-0.15, -0.1) is 0 Å². The SMILES string of the molecule is C=Cc1ccc(CN(C=O)SC(=C)Cl)cc1. The molecule has 0 radical (unpaired) electrons. The molecule has 0 heterocycles. The summed E-state index contributed by atoms with van der Waals surface area (Å²) in [6.07, 6.45) is 2.51. The Hall–Kier alpha value is -1.19.